The largest absolute Gasteiger partial charge is 0.452 e. The summed E-state index contributed by atoms with van der Waals surface area (Å²) in [5, 5.41) is 19.4. The van der Waals surface area contributed by atoms with Crippen molar-refractivity contribution in [2.45, 2.75) is 0 Å². The molecule has 9 heterocycles. The highest BCUT2D eigenvalue weighted by Gasteiger charge is 2.25. The molecule has 25 aromatic rings. The van der Waals surface area contributed by atoms with Gasteiger partial charge >= 0.3 is 0 Å². The van der Waals surface area contributed by atoms with Crippen LogP contribution in [0, 0.1) is 0 Å². The van der Waals surface area contributed by atoms with E-state index in [0.717, 1.165) is 215 Å². The van der Waals surface area contributed by atoms with Gasteiger partial charge in [-0.15, -0.1) is 0 Å². The second kappa shape index (κ2) is 20.3. The Morgan fingerprint density at radius 1 is 0.143 bits per heavy atom. The van der Waals surface area contributed by atoms with Crippen LogP contribution in [0.5, 0.6) is 0 Å². The van der Waals surface area contributed by atoms with Crippen LogP contribution in [0.15, 0.2) is 336 Å². The molecular weight excluding hydrogens is 1290 g/mol. The molecule has 0 aliphatic rings. The van der Waals surface area contributed by atoms with E-state index in [2.05, 4.69) is 323 Å². The molecule has 9 aromatic heterocycles. The zero-order valence-electron chi connectivity index (χ0n) is 55.7. The summed E-state index contributed by atoms with van der Waals surface area (Å²) >= 11 is 0. The summed E-state index contributed by atoms with van der Waals surface area (Å²) in [4.78, 5) is 0. The van der Waals surface area contributed by atoms with Gasteiger partial charge in [0.05, 0.1) is 33.1 Å². The monoisotopic (exact) mass is 1340 g/mol. The molecule has 0 amide bonds. The molecule has 0 saturated heterocycles. The number of para-hydroxylation sites is 6. The lowest BCUT2D eigenvalue weighted by atomic mass is 9.92. The molecule has 25 rings (SSSR count). The van der Waals surface area contributed by atoms with E-state index in [4.69, 9.17) is 26.5 Å². The van der Waals surface area contributed by atoms with Crippen molar-refractivity contribution in [3.63, 3.8) is 0 Å². The summed E-state index contributed by atoms with van der Waals surface area (Å²) < 4.78 is 48.1. The number of benzene rings is 16. The van der Waals surface area contributed by atoms with Gasteiger partial charge in [-0.25, -0.2) is 0 Å². The fourth-order valence-electron chi connectivity index (χ4n) is 17.9. The number of nitrogens with zero attached hydrogens (tertiary/aromatic N) is 3. The highest BCUT2D eigenvalue weighted by Crippen LogP contribution is 2.48. The van der Waals surface area contributed by atoms with Crippen molar-refractivity contribution < 1.29 is 26.5 Å². The molecule has 0 bridgehead atoms. The standard InChI is InChI=1S/C96H51N3O6/c1-7-19-79-61(13-1)62-14-2-8-20-80(62)97(79)58-28-40-88-76(49-58)70-34-31-67-73-46-52(25-37-85(73)100-91(67)94(70)103-88)55-43-56(53-26-38-86-74(47-53)68-32-35-71-77-50-59(29-41-89(77)104-95(71)92(68)101-86)98-81-21-9-3-15-63(81)64-16-4-10-22-82(64)98)45-57(44-55)54-27-39-87-75(48-54)69-33-36-72-78-51-60(30-42-90(78)105-96(72)93(69)102-87)99-83-23-11-5-17-65(83)66-18-6-12-24-84(66)99/h1-51H. The summed E-state index contributed by atoms with van der Waals surface area (Å²) in [5.41, 5.74) is 25.5. The second-order valence-electron chi connectivity index (χ2n) is 28.2. The van der Waals surface area contributed by atoms with E-state index < -0.39 is 0 Å². The van der Waals surface area contributed by atoms with Crippen molar-refractivity contribution in [1.82, 2.24) is 13.7 Å². The Hall–Kier alpha value is -14.3. The van der Waals surface area contributed by atoms with E-state index in [1.165, 1.54) is 32.3 Å². The first-order chi connectivity index (χ1) is 52.0. The predicted octanol–water partition coefficient (Wildman–Crippen LogP) is 27.4. The molecule has 0 N–H and O–H groups in total. The van der Waals surface area contributed by atoms with Crippen LogP contribution in [0.2, 0.25) is 0 Å². The third kappa shape index (κ3) is 7.63. The van der Waals surface area contributed by atoms with Gasteiger partial charge in [0.25, 0.3) is 0 Å². The maximum Gasteiger partial charge on any atom is 0.178 e. The number of aromatic nitrogens is 3. The van der Waals surface area contributed by atoms with Crippen molar-refractivity contribution in [3.05, 3.63) is 309 Å². The van der Waals surface area contributed by atoms with Gasteiger partial charge in [-0.1, -0.05) is 127 Å². The lowest BCUT2D eigenvalue weighted by Crippen LogP contribution is -1.93. The molecule has 486 valence electrons. The van der Waals surface area contributed by atoms with Crippen LogP contribution in [0.3, 0.4) is 0 Å². The highest BCUT2D eigenvalue weighted by molar-refractivity contribution is 6.24. The Kier molecular flexibility index (Phi) is 10.7. The van der Waals surface area contributed by atoms with Crippen molar-refractivity contribution in [1.29, 1.82) is 0 Å². The Balaban J connectivity index is 0.634. The van der Waals surface area contributed by atoms with E-state index in [9.17, 15) is 0 Å². The van der Waals surface area contributed by atoms with Crippen molar-refractivity contribution in [3.8, 4) is 50.4 Å². The molecule has 0 aliphatic carbocycles. The van der Waals surface area contributed by atoms with E-state index >= 15 is 0 Å². The zero-order chi connectivity index (χ0) is 68.0. The molecule has 0 aliphatic heterocycles. The molecule has 9 nitrogen and oxygen atoms in total. The molecule has 105 heavy (non-hydrogen) atoms. The lowest BCUT2D eigenvalue weighted by Gasteiger charge is -2.12. The molecular formula is C96H51N3O6. The van der Waals surface area contributed by atoms with E-state index in [0.29, 0.717) is 0 Å². The highest BCUT2D eigenvalue weighted by atomic mass is 16.4. The molecule has 0 radical (unpaired) electrons. The number of furan rings is 6. The Morgan fingerprint density at radius 2 is 0.343 bits per heavy atom. The topological polar surface area (TPSA) is 93.6 Å². The molecule has 16 aromatic carbocycles. The smallest absolute Gasteiger partial charge is 0.178 e. The predicted molar refractivity (Wildman–Crippen MR) is 429 cm³/mol. The van der Waals surface area contributed by atoms with Crippen molar-refractivity contribution in [2.75, 3.05) is 0 Å². The van der Waals surface area contributed by atoms with Gasteiger partial charge in [-0.05, 0) is 215 Å². The third-order valence-electron chi connectivity index (χ3n) is 22.6. The normalized spacial score (nSPS) is 12.6. The van der Waals surface area contributed by atoms with Crippen LogP contribution in [0.25, 0.3) is 247 Å². The van der Waals surface area contributed by atoms with Crippen LogP contribution in [0.4, 0.5) is 0 Å². The summed E-state index contributed by atoms with van der Waals surface area (Å²) in [6, 6.07) is 111. The summed E-state index contributed by atoms with van der Waals surface area (Å²) in [7, 11) is 0. The third-order valence-corrected chi connectivity index (χ3v) is 22.6. The zero-order valence-corrected chi connectivity index (χ0v) is 55.7. The Labute approximate surface area is 593 Å². The minimum Gasteiger partial charge on any atom is -0.452 e. The van der Waals surface area contributed by atoms with Gasteiger partial charge in [-0.3, -0.25) is 0 Å². The first kappa shape index (κ1) is 55.5. The molecule has 0 atom stereocenters. The van der Waals surface area contributed by atoms with Gasteiger partial charge in [0.1, 0.15) is 33.5 Å². The maximum atomic E-state index is 6.88. The number of hydrogen-bond donors (Lipinski definition) is 0. The second-order valence-corrected chi connectivity index (χ2v) is 28.2. The summed E-state index contributed by atoms with van der Waals surface area (Å²) in [5.74, 6) is 0. The maximum absolute atomic E-state index is 6.88. The Morgan fingerprint density at radius 3 is 0.571 bits per heavy atom. The molecule has 9 heteroatoms. The molecule has 0 unspecified atom stereocenters. The Bertz CT molecular complexity index is 7260. The SMILES string of the molecule is c1ccc2c(c1)c1ccccc1n2-c1ccc2oc3c(ccc4c5cc(-c6cc(-c7ccc8oc9c(ccc%10c%11cc(-n%12c%13ccccc%13c%13ccccc%13%12)ccc%11oc%109)c8c7)cc(-c7ccc8oc9c(ccc%10c%11cc(-n%12c%13ccccc%13c%13ccccc%13%12)ccc%11oc%109)c8c7)c6)ccc5oc43)c2c1. The minimum atomic E-state index is 0.720. The molecule has 0 saturated carbocycles. The van der Waals surface area contributed by atoms with E-state index in [1.54, 1.807) is 0 Å². The van der Waals surface area contributed by atoms with Gasteiger partial charge < -0.3 is 40.2 Å². The van der Waals surface area contributed by atoms with Crippen LogP contribution in [-0.2, 0) is 0 Å². The van der Waals surface area contributed by atoms with Gasteiger partial charge in [-0.2, -0.15) is 0 Å². The van der Waals surface area contributed by atoms with Crippen molar-refractivity contribution in [2.24, 2.45) is 0 Å². The van der Waals surface area contributed by atoms with Gasteiger partial charge in [0, 0.05) is 114 Å². The van der Waals surface area contributed by atoms with Gasteiger partial charge in [0.15, 0.2) is 33.5 Å². The fraction of sp³-hybridized carbons (Fsp3) is 0. The first-order valence-electron chi connectivity index (χ1n) is 35.6. The van der Waals surface area contributed by atoms with Crippen LogP contribution in [-0.4, -0.2) is 13.7 Å². The minimum absolute atomic E-state index is 0.720. The molecule has 0 spiro atoms. The van der Waals surface area contributed by atoms with E-state index in [1.807, 2.05) is 0 Å². The molecule has 0 fully saturated rings. The summed E-state index contributed by atoms with van der Waals surface area (Å²) in [6.07, 6.45) is 0. The first-order valence-corrected chi connectivity index (χ1v) is 35.6. The quantitative estimate of drug-likeness (QED) is 0.165. The van der Waals surface area contributed by atoms with Crippen LogP contribution >= 0.6 is 0 Å². The summed E-state index contributed by atoms with van der Waals surface area (Å²) in [6.45, 7) is 0. The number of fused-ring (bicyclic) bond motifs is 30. The van der Waals surface area contributed by atoms with E-state index in [-0.39, 0.29) is 0 Å². The number of rotatable bonds is 6. The average molecular weight is 1340 g/mol. The van der Waals surface area contributed by atoms with Crippen LogP contribution in [0.1, 0.15) is 0 Å². The average Bonchev–Trinajstić information content (AvgIpc) is 1.59. The van der Waals surface area contributed by atoms with Crippen LogP contribution < -0.4 is 0 Å². The number of hydrogen-bond acceptors (Lipinski definition) is 6. The van der Waals surface area contributed by atoms with Gasteiger partial charge in [0.2, 0.25) is 0 Å². The lowest BCUT2D eigenvalue weighted by molar-refractivity contribution is 0.633. The fourth-order valence-corrected chi connectivity index (χ4v) is 17.9. The van der Waals surface area contributed by atoms with Crippen molar-refractivity contribution >= 4 is 197 Å².